The largest absolute Gasteiger partial charge is 0.319 e. The third-order valence-electron chi connectivity index (χ3n) is 6.10. The van der Waals surface area contributed by atoms with Crippen molar-refractivity contribution in [1.82, 2.24) is 15.7 Å². The van der Waals surface area contributed by atoms with Gasteiger partial charge in [-0.3, -0.25) is 4.98 Å². The van der Waals surface area contributed by atoms with Crippen LogP contribution in [-0.2, 0) is 5.41 Å². The molecule has 1 aliphatic heterocycles. The van der Waals surface area contributed by atoms with Crippen LogP contribution in [0, 0.1) is 0 Å². The second-order valence-electron chi connectivity index (χ2n) is 7.78. The van der Waals surface area contributed by atoms with Crippen molar-refractivity contribution in [2.75, 3.05) is 13.6 Å². The molecule has 1 fully saturated rings. The number of fused-ring (bicyclic) bond motifs is 1. The summed E-state index contributed by atoms with van der Waals surface area (Å²) in [7, 11) is 2.01. The zero-order valence-electron chi connectivity index (χ0n) is 16.0. The van der Waals surface area contributed by atoms with Gasteiger partial charge in [0, 0.05) is 33.9 Å². The maximum atomic E-state index is 4.24. The first-order valence-electron chi connectivity index (χ1n) is 9.85. The fourth-order valence-corrected chi connectivity index (χ4v) is 4.32. The first-order chi connectivity index (χ1) is 13.8. The smallest absolute Gasteiger partial charge is 0.0600 e. The lowest BCUT2D eigenvalue weighted by molar-refractivity contribution is 0.707. The summed E-state index contributed by atoms with van der Waals surface area (Å²) in [6, 6.07) is 22.5. The molecule has 2 aromatic carbocycles. The zero-order chi connectivity index (χ0) is 19.0. The van der Waals surface area contributed by atoms with Crippen molar-refractivity contribution in [3.05, 3.63) is 89.7 Å². The summed E-state index contributed by atoms with van der Waals surface area (Å²) in [6.07, 6.45) is 6.95. The van der Waals surface area contributed by atoms with E-state index >= 15 is 0 Å². The predicted molar refractivity (Wildman–Crippen MR) is 118 cm³/mol. The summed E-state index contributed by atoms with van der Waals surface area (Å²) in [6.45, 7) is 0.905. The molecule has 1 aromatic heterocycles. The Hall–Kier alpha value is -2.98. The molecule has 0 radical (unpaired) electrons. The number of pyridine rings is 1. The minimum atomic E-state index is 0. The molecule has 0 amide bonds. The molecule has 1 aliphatic carbocycles. The highest BCUT2D eigenvalue weighted by atomic mass is 15.4. The third kappa shape index (κ3) is 2.90. The number of hydrogen-bond donors (Lipinski definition) is 2. The number of hydrazone groups is 1. The Morgan fingerprint density at radius 3 is 2.39 bits per heavy atom. The van der Waals surface area contributed by atoms with Gasteiger partial charge in [0.1, 0.15) is 0 Å². The summed E-state index contributed by atoms with van der Waals surface area (Å²) in [4.78, 5) is 4.22. The van der Waals surface area contributed by atoms with Crippen molar-refractivity contribution in [2.24, 2.45) is 5.10 Å². The van der Waals surface area contributed by atoms with Crippen LogP contribution in [0.25, 0.3) is 11.1 Å². The minimum absolute atomic E-state index is 0. The maximum Gasteiger partial charge on any atom is 0.0600 e. The number of hydrogen-bond acceptors (Lipinski definition) is 4. The van der Waals surface area contributed by atoms with Crippen LogP contribution in [0.1, 0.15) is 31.9 Å². The van der Waals surface area contributed by atoms with E-state index in [1.165, 1.54) is 22.3 Å². The monoisotopic (exact) mass is 372 g/mol. The third-order valence-corrected chi connectivity index (χ3v) is 6.10. The predicted octanol–water partition coefficient (Wildman–Crippen LogP) is 4.19. The van der Waals surface area contributed by atoms with Gasteiger partial charge < -0.3 is 10.7 Å². The minimum Gasteiger partial charge on any atom is -0.319 e. The quantitative estimate of drug-likeness (QED) is 0.682. The average Bonchev–Trinajstić information content (AvgIpc) is 3.33. The van der Waals surface area contributed by atoms with Crippen LogP contribution in [0.2, 0.25) is 0 Å². The second kappa shape index (κ2) is 6.88. The van der Waals surface area contributed by atoms with Crippen LogP contribution >= 0.6 is 0 Å². The number of benzene rings is 2. The van der Waals surface area contributed by atoms with Gasteiger partial charge in [0.05, 0.1) is 11.5 Å². The Kier molecular flexibility index (Phi) is 4.21. The van der Waals surface area contributed by atoms with E-state index in [0.29, 0.717) is 12.0 Å². The molecule has 4 heteroatoms. The normalized spacial score (nSPS) is 23.1. The highest BCUT2D eigenvalue weighted by Gasteiger charge is 2.57. The number of rotatable bonds is 6. The number of nitrogens with zero attached hydrogens (tertiary/aromatic N) is 2. The van der Waals surface area contributed by atoms with Crippen molar-refractivity contribution in [1.29, 1.82) is 0 Å². The van der Waals surface area contributed by atoms with Crippen LogP contribution in [0.15, 0.2) is 78.2 Å². The Labute approximate surface area is 168 Å². The molecule has 2 N–H and O–H groups in total. The topological polar surface area (TPSA) is 49.3 Å². The summed E-state index contributed by atoms with van der Waals surface area (Å²) in [5.74, 6) is 0.324. The Morgan fingerprint density at radius 1 is 1.07 bits per heavy atom. The zero-order valence-corrected chi connectivity index (χ0v) is 16.0. The number of aromatic nitrogens is 1. The molecule has 5 rings (SSSR count). The van der Waals surface area contributed by atoms with Gasteiger partial charge in [0.15, 0.2) is 0 Å². The van der Waals surface area contributed by atoms with Crippen LogP contribution in [0.5, 0.6) is 0 Å². The fourth-order valence-electron chi connectivity index (χ4n) is 4.32. The molecule has 0 bridgehead atoms. The molecule has 0 saturated heterocycles. The van der Waals surface area contributed by atoms with Crippen molar-refractivity contribution < 1.29 is 2.85 Å². The summed E-state index contributed by atoms with van der Waals surface area (Å²) < 4.78 is 0. The van der Waals surface area contributed by atoms with Gasteiger partial charge in [-0.1, -0.05) is 54.6 Å². The summed E-state index contributed by atoms with van der Waals surface area (Å²) in [5, 5.41) is 7.60. The second-order valence-corrected chi connectivity index (χ2v) is 7.78. The van der Waals surface area contributed by atoms with Crippen LogP contribution in [-0.4, -0.2) is 30.8 Å². The fraction of sp³-hybridized carbons (Fsp3) is 0.250. The lowest BCUT2D eigenvalue weighted by Crippen LogP contribution is -2.19. The highest BCUT2D eigenvalue weighted by Crippen LogP contribution is 2.49. The van der Waals surface area contributed by atoms with Crippen LogP contribution < -0.4 is 10.7 Å². The average molecular weight is 373 g/mol. The first-order valence-corrected chi connectivity index (χ1v) is 9.85. The molecule has 1 saturated carbocycles. The van der Waals surface area contributed by atoms with Crippen molar-refractivity contribution in [2.45, 2.75) is 23.8 Å². The van der Waals surface area contributed by atoms with E-state index in [9.17, 15) is 0 Å². The molecule has 2 heterocycles. The van der Waals surface area contributed by atoms with Crippen molar-refractivity contribution in [3.8, 4) is 11.1 Å². The number of likely N-dealkylation sites (N-methyl/N-ethyl adjacent to an activating group) is 1. The first kappa shape index (κ1) is 17.1. The van der Waals surface area contributed by atoms with Gasteiger partial charge in [-0.25, -0.2) is 0 Å². The summed E-state index contributed by atoms with van der Waals surface area (Å²) >= 11 is 0. The van der Waals surface area contributed by atoms with E-state index in [-0.39, 0.29) is 8.27 Å². The standard InChI is InChI=1S/C24H24N4.2H2/c1-25-15-22(18-6-4-17(5-7-18)20-3-2-12-26-14-20)19-8-10-21(11-9-19)24-13-23(24)28-27-16-24;;/h2-12,14,16,22-23,25,28H,13,15H2,1H3;2*1H. The van der Waals surface area contributed by atoms with E-state index in [2.05, 4.69) is 81.6 Å². The Bertz CT molecular complexity index is 990. The molecule has 3 aromatic rings. The van der Waals surface area contributed by atoms with Crippen molar-refractivity contribution in [3.63, 3.8) is 0 Å². The van der Waals surface area contributed by atoms with Gasteiger partial charge in [-0.15, -0.1) is 0 Å². The van der Waals surface area contributed by atoms with E-state index in [1.54, 1.807) is 6.20 Å². The lowest BCUT2D eigenvalue weighted by Gasteiger charge is -2.19. The molecular weight excluding hydrogens is 344 g/mol. The molecule has 3 unspecified atom stereocenters. The summed E-state index contributed by atoms with van der Waals surface area (Å²) in [5.41, 5.74) is 9.70. The van der Waals surface area contributed by atoms with Gasteiger partial charge in [-0.05, 0) is 47.4 Å². The van der Waals surface area contributed by atoms with Crippen LogP contribution in [0.4, 0.5) is 0 Å². The SMILES string of the molecule is CNCC(c1ccc(-c2cccnc2)cc1)c1ccc(C23C=NNC2C3)cc1.[HH].[HH]. The molecule has 3 atom stereocenters. The maximum absolute atomic E-state index is 4.24. The number of nitrogens with one attached hydrogen (secondary N) is 2. The van der Waals surface area contributed by atoms with Gasteiger partial charge in [0.25, 0.3) is 0 Å². The Morgan fingerprint density at radius 2 is 1.82 bits per heavy atom. The lowest BCUT2D eigenvalue weighted by atomic mass is 9.88. The van der Waals surface area contributed by atoms with Gasteiger partial charge in [-0.2, -0.15) is 5.10 Å². The van der Waals surface area contributed by atoms with Gasteiger partial charge in [0.2, 0.25) is 0 Å². The van der Waals surface area contributed by atoms with E-state index < -0.39 is 0 Å². The van der Waals surface area contributed by atoms with E-state index in [1.807, 2.05) is 19.3 Å². The van der Waals surface area contributed by atoms with E-state index in [4.69, 9.17) is 0 Å². The van der Waals surface area contributed by atoms with Crippen LogP contribution in [0.3, 0.4) is 0 Å². The molecule has 2 aliphatic rings. The molecule has 144 valence electrons. The Balaban J connectivity index is 0.00000128. The van der Waals surface area contributed by atoms with Gasteiger partial charge >= 0.3 is 0 Å². The molecule has 4 nitrogen and oxygen atoms in total. The highest BCUT2D eigenvalue weighted by molar-refractivity contribution is 5.82. The van der Waals surface area contributed by atoms with E-state index in [0.717, 1.165) is 18.5 Å². The molecule has 28 heavy (non-hydrogen) atoms. The molecule has 0 spiro atoms. The van der Waals surface area contributed by atoms with Crippen molar-refractivity contribution >= 4 is 6.21 Å². The molecular formula is C24H28N4.